The third-order valence-corrected chi connectivity index (χ3v) is 4.22. The number of hydrogen-bond acceptors (Lipinski definition) is 6. The van der Waals surface area contributed by atoms with E-state index in [9.17, 15) is 9.59 Å². The minimum atomic E-state index is -0.681. The maximum absolute atomic E-state index is 12.3. The number of nitrogens with one attached hydrogen (secondary N) is 2. The molecule has 0 spiro atoms. The lowest BCUT2D eigenvalue weighted by Gasteiger charge is -2.22. The highest BCUT2D eigenvalue weighted by Crippen LogP contribution is 2.38. The first-order valence-electron chi connectivity index (χ1n) is 7.39. The van der Waals surface area contributed by atoms with Gasteiger partial charge in [-0.3, -0.25) is 9.59 Å². The summed E-state index contributed by atoms with van der Waals surface area (Å²) in [6, 6.07) is 6.09. The summed E-state index contributed by atoms with van der Waals surface area (Å²) in [5.41, 5.74) is 6.43. The van der Waals surface area contributed by atoms with Gasteiger partial charge in [0, 0.05) is 12.1 Å². The number of amides is 2. The standard InChI is InChI=1S/C16H17N3O4S.ClH/c1-9(17)15(20)18-10-7-12-13(23-5-4-22-12)8-11(10)19-16(21)14-3-2-6-24-14;/h2-3,6-9H,4-5,17H2,1H3,(H,18,20)(H,19,21);1H/t9-;/m0./s1. The van der Waals surface area contributed by atoms with Crippen molar-refractivity contribution in [1.82, 2.24) is 0 Å². The van der Waals surface area contributed by atoms with Crippen LogP contribution in [-0.4, -0.2) is 31.1 Å². The van der Waals surface area contributed by atoms with Gasteiger partial charge in [-0.05, 0) is 18.4 Å². The number of nitrogens with two attached hydrogens (primary N) is 1. The fourth-order valence-corrected chi connectivity index (χ4v) is 2.75. The Hall–Kier alpha value is -2.29. The summed E-state index contributed by atoms with van der Waals surface area (Å²) < 4.78 is 11.1. The molecule has 0 radical (unpaired) electrons. The highest BCUT2D eigenvalue weighted by molar-refractivity contribution is 7.12. The molecule has 134 valence electrons. The second kappa shape index (κ2) is 8.19. The molecule has 1 aromatic heterocycles. The lowest BCUT2D eigenvalue weighted by atomic mass is 10.2. The lowest BCUT2D eigenvalue weighted by Crippen LogP contribution is -2.33. The summed E-state index contributed by atoms with van der Waals surface area (Å²) in [7, 11) is 0. The number of thiophene rings is 1. The van der Waals surface area contributed by atoms with Crippen LogP contribution in [0, 0.1) is 0 Å². The van der Waals surface area contributed by atoms with Gasteiger partial charge in [-0.1, -0.05) is 6.07 Å². The number of benzene rings is 1. The molecule has 1 aliphatic rings. The SMILES string of the molecule is C[C@H](N)C(=O)Nc1cc2c(cc1NC(=O)c1cccs1)OCCO2.Cl. The fraction of sp³-hybridized carbons (Fsp3) is 0.250. The van der Waals surface area contributed by atoms with Crippen LogP contribution in [-0.2, 0) is 4.79 Å². The molecule has 1 atom stereocenters. The highest BCUT2D eigenvalue weighted by atomic mass is 35.5. The Balaban J connectivity index is 0.00000225. The molecule has 0 saturated carbocycles. The van der Waals surface area contributed by atoms with Crippen molar-refractivity contribution in [2.45, 2.75) is 13.0 Å². The van der Waals surface area contributed by atoms with Crippen molar-refractivity contribution >= 4 is 46.9 Å². The first-order chi connectivity index (χ1) is 11.5. The Morgan fingerprint density at radius 2 is 1.76 bits per heavy atom. The monoisotopic (exact) mass is 383 g/mol. The van der Waals surface area contributed by atoms with Gasteiger partial charge in [0.05, 0.1) is 22.3 Å². The largest absolute Gasteiger partial charge is 0.486 e. The van der Waals surface area contributed by atoms with E-state index >= 15 is 0 Å². The van der Waals surface area contributed by atoms with Gasteiger partial charge in [-0.15, -0.1) is 23.7 Å². The number of hydrogen-bond donors (Lipinski definition) is 3. The average molecular weight is 384 g/mol. The zero-order valence-electron chi connectivity index (χ0n) is 13.4. The van der Waals surface area contributed by atoms with Crippen molar-refractivity contribution in [3.05, 3.63) is 34.5 Å². The van der Waals surface area contributed by atoms with E-state index in [0.29, 0.717) is 41.0 Å². The van der Waals surface area contributed by atoms with Crippen molar-refractivity contribution in [3.63, 3.8) is 0 Å². The first kappa shape index (κ1) is 19.0. The van der Waals surface area contributed by atoms with Gasteiger partial charge in [0.25, 0.3) is 5.91 Å². The van der Waals surface area contributed by atoms with Crippen LogP contribution in [0.5, 0.6) is 11.5 Å². The smallest absolute Gasteiger partial charge is 0.265 e. The highest BCUT2D eigenvalue weighted by Gasteiger charge is 2.20. The Morgan fingerprint density at radius 1 is 1.16 bits per heavy atom. The molecule has 4 N–H and O–H groups in total. The molecule has 9 heteroatoms. The van der Waals surface area contributed by atoms with Crippen LogP contribution in [0.15, 0.2) is 29.6 Å². The van der Waals surface area contributed by atoms with Gasteiger partial charge in [-0.2, -0.15) is 0 Å². The maximum Gasteiger partial charge on any atom is 0.265 e. The summed E-state index contributed by atoms with van der Waals surface area (Å²) >= 11 is 1.33. The molecule has 0 unspecified atom stereocenters. The number of anilines is 2. The second-order valence-corrected chi connectivity index (χ2v) is 6.20. The molecule has 0 saturated heterocycles. The maximum atomic E-state index is 12.3. The first-order valence-corrected chi connectivity index (χ1v) is 8.27. The van der Waals surface area contributed by atoms with Crippen LogP contribution in [0.3, 0.4) is 0 Å². The van der Waals surface area contributed by atoms with Crippen LogP contribution in [0.1, 0.15) is 16.6 Å². The number of rotatable bonds is 4. The van der Waals surface area contributed by atoms with Crippen molar-refractivity contribution in [2.24, 2.45) is 5.73 Å². The molecule has 2 aromatic rings. The predicted molar refractivity (Wildman–Crippen MR) is 99.2 cm³/mol. The molecule has 0 aliphatic carbocycles. The third-order valence-electron chi connectivity index (χ3n) is 3.35. The van der Waals surface area contributed by atoms with Crippen molar-refractivity contribution in [1.29, 1.82) is 0 Å². The van der Waals surface area contributed by atoms with Crippen LogP contribution >= 0.6 is 23.7 Å². The molecule has 1 aromatic carbocycles. The van der Waals surface area contributed by atoms with Gasteiger partial charge < -0.3 is 25.8 Å². The van der Waals surface area contributed by atoms with Crippen LogP contribution in [0.4, 0.5) is 11.4 Å². The van der Waals surface area contributed by atoms with Crippen LogP contribution in [0.25, 0.3) is 0 Å². The molecule has 3 rings (SSSR count). The Morgan fingerprint density at radius 3 is 2.28 bits per heavy atom. The molecule has 2 heterocycles. The van der Waals surface area contributed by atoms with Gasteiger partial charge in [0.2, 0.25) is 5.91 Å². The molecule has 2 amide bonds. The average Bonchev–Trinajstić information content (AvgIpc) is 3.09. The zero-order valence-corrected chi connectivity index (χ0v) is 15.0. The minimum absolute atomic E-state index is 0. The number of fused-ring (bicyclic) bond motifs is 1. The van der Waals surface area contributed by atoms with E-state index in [0.717, 1.165) is 0 Å². The zero-order chi connectivity index (χ0) is 17.1. The molecule has 7 nitrogen and oxygen atoms in total. The summed E-state index contributed by atoms with van der Waals surface area (Å²) in [4.78, 5) is 24.8. The van der Waals surface area contributed by atoms with Crippen LogP contribution in [0.2, 0.25) is 0 Å². The summed E-state index contributed by atoms with van der Waals surface area (Å²) in [6.45, 7) is 2.43. The topological polar surface area (TPSA) is 103 Å². The lowest BCUT2D eigenvalue weighted by molar-refractivity contribution is -0.117. The van der Waals surface area contributed by atoms with Gasteiger partial charge >= 0.3 is 0 Å². The van der Waals surface area contributed by atoms with Gasteiger partial charge in [0.1, 0.15) is 13.2 Å². The van der Waals surface area contributed by atoms with E-state index in [2.05, 4.69) is 10.6 Å². The second-order valence-electron chi connectivity index (χ2n) is 5.25. The van der Waals surface area contributed by atoms with E-state index in [-0.39, 0.29) is 24.2 Å². The van der Waals surface area contributed by atoms with E-state index in [1.54, 1.807) is 31.2 Å². The number of carbonyl (C=O) groups excluding carboxylic acids is 2. The number of carbonyl (C=O) groups is 2. The molecular weight excluding hydrogens is 366 g/mol. The van der Waals surface area contributed by atoms with E-state index < -0.39 is 6.04 Å². The summed E-state index contributed by atoms with van der Waals surface area (Å²) in [6.07, 6.45) is 0. The normalized spacial score (nSPS) is 13.4. The molecular formula is C16H18ClN3O4S. The molecule has 25 heavy (non-hydrogen) atoms. The number of ether oxygens (including phenoxy) is 2. The van der Waals surface area contributed by atoms with E-state index in [1.165, 1.54) is 11.3 Å². The number of halogens is 1. The van der Waals surface area contributed by atoms with E-state index in [1.807, 2.05) is 5.38 Å². The third kappa shape index (κ3) is 4.41. The minimum Gasteiger partial charge on any atom is -0.486 e. The van der Waals surface area contributed by atoms with Gasteiger partial charge in [-0.25, -0.2) is 0 Å². The fourth-order valence-electron chi connectivity index (χ4n) is 2.13. The van der Waals surface area contributed by atoms with E-state index in [4.69, 9.17) is 15.2 Å². The van der Waals surface area contributed by atoms with Gasteiger partial charge in [0.15, 0.2) is 11.5 Å². The van der Waals surface area contributed by atoms with Crippen molar-refractivity contribution in [3.8, 4) is 11.5 Å². The molecule has 0 fully saturated rings. The Labute approximate surface area is 154 Å². The quantitative estimate of drug-likeness (QED) is 0.752. The predicted octanol–water partition coefficient (Wildman–Crippen LogP) is 2.48. The summed E-state index contributed by atoms with van der Waals surface area (Å²) in [5, 5.41) is 7.30. The van der Waals surface area contributed by atoms with Crippen molar-refractivity contribution < 1.29 is 19.1 Å². The molecule has 1 aliphatic heterocycles. The van der Waals surface area contributed by atoms with Crippen LogP contribution < -0.4 is 25.8 Å². The van der Waals surface area contributed by atoms with Crippen molar-refractivity contribution in [2.75, 3.05) is 23.8 Å². The Bertz CT molecular complexity index is 765. The molecule has 0 bridgehead atoms. The summed E-state index contributed by atoms with van der Waals surface area (Å²) in [5.74, 6) is 0.396. The Kier molecular flexibility index (Phi) is 6.24.